The van der Waals surface area contributed by atoms with Crippen molar-refractivity contribution in [2.45, 2.75) is 33.2 Å². The second kappa shape index (κ2) is 9.15. The Labute approximate surface area is 193 Å². The maximum atomic E-state index is 13.4. The molecular formula is C25H29N5O3. The van der Waals surface area contributed by atoms with Gasteiger partial charge >= 0.3 is 0 Å². The molecule has 0 aliphatic carbocycles. The minimum atomic E-state index is -0.688. The predicted molar refractivity (Wildman–Crippen MR) is 126 cm³/mol. The van der Waals surface area contributed by atoms with Gasteiger partial charge in [0.15, 0.2) is 0 Å². The van der Waals surface area contributed by atoms with E-state index in [1.165, 1.54) is 0 Å². The SMILES string of the molecule is Cn1nnc2c1-c1ccccc1CN(C(=O)CCNC(=O)C(C)(C)CCO)c1ccccc1-2. The molecule has 2 heterocycles. The van der Waals surface area contributed by atoms with Gasteiger partial charge in [-0.3, -0.25) is 9.59 Å². The highest BCUT2D eigenvalue weighted by atomic mass is 16.3. The van der Waals surface area contributed by atoms with Crippen LogP contribution in [-0.4, -0.2) is 45.1 Å². The van der Waals surface area contributed by atoms with E-state index in [0.717, 1.165) is 33.8 Å². The maximum absolute atomic E-state index is 13.4. The van der Waals surface area contributed by atoms with Crippen LogP contribution >= 0.6 is 0 Å². The molecule has 8 nitrogen and oxygen atoms in total. The van der Waals surface area contributed by atoms with Crippen LogP contribution in [0.25, 0.3) is 22.5 Å². The van der Waals surface area contributed by atoms with Gasteiger partial charge in [0.25, 0.3) is 0 Å². The number of aromatic nitrogens is 3. The Hall–Kier alpha value is -3.52. The summed E-state index contributed by atoms with van der Waals surface area (Å²) in [6.45, 7) is 4.13. The minimum Gasteiger partial charge on any atom is -0.396 e. The number of hydrogen-bond donors (Lipinski definition) is 2. The molecule has 0 radical (unpaired) electrons. The highest BCUT2D eigenvalue weighted by Crippen LogP contribution is 2.40. The van der Waals surface area contributed by atoms with Crippen LogP contribution in [0.4, 0.5) is 5.69 Å². The van der Waals surface area contributed by atoms with E-state index < -0.39 is 5.41 Å². The number of aliphatic hydroxyl groups excluding tert-OH is 1. The van der Waals surface area contributed by atoms with E-state index in [1.54, 1.807) is 23.4 Å². The van der Waals surface area contributed by atoms with Gasteiger partial charge in [0.1, 0.15) is 5.69 Å². The lowest BCUT2D eigenvalue weighted by Gasteiger charge is -2.29. The molecular weight excluding hydrogens is 418 g/mol. The van der Waals surface area contributed by atoms with Gasteiger partial charge < -0.3 is 15.3 Å². The van der Waals surface area contributed by atoms with E-state index in [1.807, 2.05) is 55.6 Å². The fraction of sp³-hybridized carbons (Fsp3) is 0.360. The van der Waals surface area contributed by atoms with Crippen LogP contribution in [0.15, 0.2) is 48.5 Å². The van der Waals surface area contributed by atoms with E-state index >= 15 is 0 Å². The number of benzene rings is 2. The Morgan fingerprint density at radius 1 is 1.09 bits per heavy atom. The molecule has 0 atom stereocenters. The van der Waals surface area contributed by atoms with E-state index in [0.29, 0.717) is 13.0 Å². The fourth-order valence-electron chi connectivity index (χ4n) is 4.17. The van der Waals surface area contributed by atoms with E-state index in [2.05, 4.69) is 15.6 Å². The number of fused-ring (bicyclic) bond motifs is 5. The van der Waals surface area contributed by atoms with Crippen molar-refractivity contribution in [2.75, 3.05) is 18.1 Å². The first kappa shape index (κ1) is 22.7. The van der Waals surface area contributed by atoms with Crippen LogP contribution < -0.4 is 10.2 Å². The summed E-state index contributed by atoms with van der Waals surface area (Å²) in [5.41, 5.74) is 4.57. The van der Waals surface area contributed by atoms with Crippen molar-refractivity contribution in [3.63, 3.8) is 0 Å². The van der Waals surface area contributed by atoms with Crippen LogP contribution in [0.3, 0.4) is 0 Å². The Morgan fingerprint density at radius 2 is 1.79 bits per heavy atom. The van der Waals surface area contributed by atoms with Gasteiger partial charge in [0.05, 0.1) is 17.9 Å². The number of nitrogens with zero attached hydrogens (tertiary/aromatic N) is 4. The monoisotopic (exact) mass is 447 g/mol. The number of aryl methyl sites for hydroxylation is 1. The summed E-state index contributed by atoms with van der Waals surface area (Å²) >= 11 is 0. The standard InChI is InChI=1S/C25H29N5O3/c1-25(2,13-15-31)24(33)26-14-12-21(32)30-16-17-8-4-5-9-18(17)23-22(27-28-29(23)3)19-10-6-7-11-20(19)30/h4-11,31H,12-16H2,1-3H3,(H,26,33). The van der Waals surface area contributed by atoms with E-state index in [-0.39, 0.29) is 31.4 Å². The molecule has 1 aliphatic rings. The van der Waals surface area contributed by atoms with Gasteiger partial charge in [-0.15, -0.1) is 5.10 Å². The second-order valence-corrected chi connectivity index (χ2v) is 8.93. The highest BCUT2D eigenvalue weighted by Gasteiger charge is 2.29. The van der Waals surface area contributed by atoms with Gasteiger partial charge in [-0.1, -0.05) is 61.5 Å². The molecule has 0 spiro atoms. The Morgan fingerprint density at radius 3 is 2.55 bits per heavy atom. The van der Waals surface area contributed by atoms with E-state index in [9.17, 15) is 14.7 Å². The molecule has 2 aromatic carbocycles. The molecule has 0 unspecified atom stereocenters. The van der Waals surface area contributed by atoms with Gasteiger partial charge in [-0.05, 0) is 18.1 Å². The summed E-state index contributed by atoms with van der Waals surface area (Å²) in [6.07, 6.45) is 0.522. The summed E-state index contributed by atoms with van der Waals surface area (Å²) in [6, 6.07) is 15.7. The van der Waals surface area contributed by atoms with Crippen LogP contribution in [0.2, 0.25) is 0 Å². The minimum absolute atomic E-state index is 0.0618. The third-order valence-electron chi connectivity index (χ3n) is 6.15. The number of aliphatic hydroxyl groups is 1. The summed E-state index contributed by atoms with van der Waals surface area (Å²) in [5.74, 6) is -0.267. The van der Waals surface area contributed by atoms with Crippen molar-refractivity contribution >= 4 is 17.5 Å². The van der Waals surface area contributed by atoms with Gasteiger partial charge in [0, 0.05) is 43.2 Å². The predicted octanol–water partition coefficient (Wildman–Crippen LogP) is 2.91. The second-order valence-electron chi connectivity index (χ2n) is 8.93. The lowest BCUT2D eigenvalue weighted by molar-refractivity contribution is -0.130. The van der Waals surface area contributed by atoms with Crippen molar-refractivity contribution in [1.82, 2.24) is 20.3 Å². The molecule has 172 valence electrons. The molecule has 2 N–H and O–H groups in total. The van der Waals surface area contributed by atoms with Crippen molar-refractivity contribution in [3.05, 3.63) is 54.1 Å². The zero-order valence-electron chi connectivity index (χ0n) is 19.2. The molecule has 33 heavy (non-hydrogen) atoms. The molecule has 3 aromatic rings. The van der Waals surface area contributed by atoms with Crippen molar-refractivity contribution < 1.29 is 14.7 Å². The number of hydrogen-bond acceptors (Lipinski definition) is 5. The number of carbonyl (C=O) groups is 2. The highest BCUT2D eigenvalue weighted by molar-refractivity contribution is 6.00. The lowest BCUT2D eigenvalue weighted by Crippen LogP contribution is -2.40. The zero-order valence-corrected chi connectivity index (χ0v) is 19.2. The smallest absolute Gasteiger partial charge is 0.229 e. The first-order valence-corrected chi connectivity index (χ1v) is 11.1. The molecule has 4 rings (SSSR count). The molecule has 1 aromatic heterocycles. The first-order chi connectivity index (χ1) is 15.8. The topological polar surface area (TPSA) is 100 Å². The first-order valence-electron chi connectivity index (χ1n) is 11.1. The molecule has 1 aliphatic heterocycles. The lowest BCUT2D eigenvalue weighted by atomic mass is 9.88. The van der Waals surface area contributed by atoms with Gasteiger partial charge in [-0.2, -0.15) is 0 Å². The van der Waals surface area contributed by atoms with Gasteiger partial charge in [-0.25, -0.2) is 4.68 Å². The summed E-state index contributed by atoms with van der Waals surface area (Å²) in [7, 11) is 1.87. The fourth-order valence-corrected chi connectivity index (χ4v) is 4.17. The quantitative estimate of drug-likeness (QED) is 0.605. The number of amides is 2. The molecule has 8 heteroatoms. The normalized spacial score (nSPS) is 12.8. The number of nitrogens with one attached hydrogen (secondary N) is 1. The third-order valence-corrected chi connectivity index (χ3v) is 6.15. The third kappa shape index (κ3) is 4.39. The number of anilines is 1. The van der Waals surface area contributed by atoms with Crippen molar-refractivity contribution in [2.24, 2.45) is 12.5 Å². The number of rotatable bonds is 6. The van der Waals surface area contributed by atoms with Crippen molar-refractivity contribution in [1.29, 1.82) is 0 Å². The molecule has 0 fully saturated rings. The summed E-state index contributed by atoms with van der Waals surface area (Å²) in [4.78, 5) is 27.6. The Bertz CT molecular complexity index is 1180. The molecule has 2 amide bonds. The number of para-hydroxylation sites is 1. The van der Waals surface area contributed by atoms with Gasteiger partial charge in [0.2, 0.25) is 11.8 Å². The Balaban J connectivity index is 1.64. The maximum Gasteiger partial charge on any atom is 0.229 e. The number of carbonyl (C=O) groups excluding carboxylic acids is 2. The molecule has 0 saturated heterocycles. The van der Waals surface area contributed by atoms with Crippen molar-refractivity contribution in [3.8, 4) is 22.5 Å². The van der Waals surface area contributed by atoms with E-state index in [4.69, 9.17) is 0 Å². The summed E-state index contributed by atoms with van der Waals surface area (Å²) in [5, 5.41) is 20.7. The van der Waals surface area contributed by atoms with Crippen LogP contribution in [0.1, 0.15) is 32.3 Å². The molecule has 0 saturated carbocycles. The zero-order chi connectivity index (χ0) is 23.6. The Kier molecular flexibility index (Phi) is 6.29. The average molecular weight is 448 g/mol. The van der Waals surface area contributed by atoms with Crippen LogP contribution in [0.5, 0.6) is 0 Å². The summed E-state index contributed by atoms with van der Waals surface area (Å²) < 4.78 is 1.77. The molecule has 0 bridgehead atoms. The average Bonchev–Trinajstić information content (AvgIpc) is 3.17. The van der Waals surface area contributed by atoms with Crippen LogP contribution in [0, 0.1) is 5.41 Å². The van der Waals surface area contributed by atoms with Crippen LogP contribution in [-0.2, 0) is 23.2 Å². The largest absolute Gasteiger partial charge is 0.396 e.